The molecule has 1 aromatic rings. The maximum Gasteiger partial charge on any atom is 0.0466 e. The first-order valence-electron chi connectivity index (χ1n) is 7.50. The van der Waals surface area contributed by atoms with Gasteiger partial charge in [-0.3, -0.25) is 0 Å². The molecule has 1 unspecified atom stereocenters. The first kappa shape index (κ1) is 17.7. The lowest BCUT2D eigenvalue weighted by Gasteiger charge is -2.26. The quantitative estimate of drug-likeness (QED) is 0.689. The lowest BCUT2D eigenvalue weighted by Crippen LogP contribution is -2.38. The summed E-state index contributed by atoms with van der Waals surface area (Å²) in [7, 11) is 0. The Kier molecular flexibility index (Phi) is 7.78. The van der Waals surface area contributed by atoms with E-state index in [1.807, 2.05) is 6.92 Å². The molecular weight excluding hydrogens is 314 g/mol. The molecule has 0 fully saturated rings. The zero-order valence-electron chi connectivity index (χ0n) is 13.2. The van der Waals surface area contributed by atoms with Gasteiger partial charge in [-0.15, -0.1) is 0 Å². The molecule has 0 saturated heterocycles. The van der Waals surface area contributed by atoms with Crippen LogP contribution in [-0.4, -0.2) is 25.3 Å². The molecule has 114 valence electrons. The molecule has 0 heterocycles. The summed E-state index contributed by atoms with van der Waals surface area (Å²) in [6, 6.07) is 8.65. The zero-order chi connectivity index (χ0) is 15.0. The van der Waals surface area contributed by atoms with Crippen LogP contribution >= 0.6 is 15.9 Å². The third-order valence-corrected chi connectivity index (χ3v) is 3.74. The van der Waals surface area contributed by atoms with E-state index in [2.05, 4.69) is 66.3 Å². The van der Waals surface area contributed by atoms with Crippen molar-refractivity contribution in [1.29, 1.82) is 0 Å². The van der Waals surface area contributed by atoms with Gasteiger partial charge in [-0.05, 0) is 64.2 Å². The normalized spacial score (nSPS) is 13.4. The van der Waals surface area contributed by atoms with Gasteiger partial charge in [0.1, 0.15) is 0 Å². The SMILES string of the molecule is CCOCCCC(CNC(C)(C)C)c1cccc(Br)c1. The standard InChI is InChI=1S/C17H28BrNO/c1-5-20-11-7-9-15(13-19-17(2,3)4)14-8-6-10-16(18)12-14/h6,8,10,12,15,19H,5,7,9,11,13H2,1-4H3. The van der Waals surface area contributed by atoms with Crippen LogP contribution in [-0.2, 0) is 4.74 Å². The largest absolute Gasteiger partial charge is 0.382 e. The summed E-state index contributed by atoms with van der Waals surface area (Å²) in [4.78, 5) is 0. The van der Waals surface area contributed by atoms with E-state index in [0.29, 0.717) is 5.92 Å². The monoisotopic (exact) mass is 341 g/mol. The second-order valence-electron chi connectivity index (χ2n) is 6.22. The van der Waals surface area contributed by atoms with E-state index >= 15 is 0 Å². The van der Waals surface area contributed by atoms with E-state index < -0.39 is 0 Å². The molecule has 0 saturated carbocycles. The average molecular weight is 342 g/mol. The average Bonchev–Trinajstić information content (AvgIpc) is 2.36. The highest BCUT2D eigenvalue weighted by Crippen LogP contribution is 2.24. The van der Waals surface area contributed by atoms with E-state index in [1.165, 1.54) is 5.56 Å². The maximum atomic E-state index is 5.46. The number of benzene rings is 1. The lowest BCUT2D eigenvalue weighted by atomic mass is 9.93. The third kappa shape index (κ3) is 7.41. The Morgan fingerprint density at radius 3 is 2.65 bits per heavy atom. The van der Waals surface area contributed by atoms with Gasteiger partial charge in [-0.25, -0.2) is 0 Å². The molecule has 0 aromatic heterocycles. The van der Waals surface area contributed by atoms with Crippen molar-refractivity contribution in [3.05, 3.63) is 34.3 Å². The first-order valence-corrected chi connectivity index (χ1v) is 8.30. The maximum absolute atomic E-state index is 5.46. The lowest BCUT2D eigenvalue weighted by molar-refractivity contribution is 0.141. The highest BCUT2D eigenvalue weighted by Gasteiger charge is 2.16. The van der Waals surface area contributed by atoms with Crippen LogP contribution in [0.4, 0.5) is 0 Å². The molecular formula is C17H28BrNO. The van der Waals surface area contributed by atoms with E-state index in [0.717, 1.165) is 37.1 Å². The fourth-order valence-electron chi connectivity index (χ4n) is 2.15. The summed E-state index contributed by atoms with van der Waals surface area (Å²) in [5.41, 5.74) is 1.55. The van der Waals surface area contributed by atoms with Gasteiger partial charge in [0, 0.05) is 29.8 Å². The van der Waals surface area contributed by atoms with Crippen molar-refractivity contribution in [3.63, 3.8) is 0 Å². The fourth-order valence-corrected chi connectivity index (χ4v) is 2.57. The number of hydrogen-bond acceptors (Lipinski definition) is 2. The van der Waals surface area contributed by atoms with Gasteiger partial charge >= 0.3 is 0 Å². The highest BCUT2D eigenvalue weighted by atomic mass is 79.9. The van der Waals surface area contributed by atoms with Crippen molar-refractivity contribution < 1.29 is 4.74 Å². The minimum absolute atomic E-state index is 0.157. The summed E-state index contributed by atoms with van der Waals surface area (Å²) >= 11 is 3.57. The van der Waals surface area contributed by atoms with Crippen LogP contribution in [0.1, 0.15) is 52.0 Å². The summed E-state index contributed by atoms with van der Waals surface area (Å²) in [6.07, 6.45) is 2.26. The van der Waals surface area contributed by atoms with E-state index in [1.54, 1.807) is 0 Å². The molecule has 0 aliphatic rings. The van der Waals surface area contributed by atoms with Crippen LogP contribution < -0.4 is 5.32 Å². The van der Waals surface area contributed by atoms with Gasteiger partial charge in [0.15, 0.2) is 0 Å². The molecule has 0 bridgehead atoms. The van der Waals surface area contributed by atoms with Crippen molar-refractivity contribution in [2.45, 2.75) is 52.0 Å². The van der Waals surface area contributed by atoms with Crippen molar-refractivity contribution in [1.82, 2.24) is 5.32 Å². The Labute approximate surface area is 132 Å². The number of rotatable bonds is 8. The van der Waals surface area contributed by atoms with Gasteiger partial charge in [-0.1, -0.05) is 28.1 Å². The van der Waals surface area contributed by atoms with Crippen LogP contribution in [0.15, 0.2) is 28.7 Å². The van der Waals surface area contributed by atoms with Crippen LogP contribution in [0.2, 0.25) is 0 Å². The Bertz CT molecular complexity index is 387. The minimum atomic E-state index is 0.157. The number of hydrogen-bond donors (Lipinski definition) is 1. The van der Waals surface area contributed by atoms with E-state index in [4.69, 9.17) is 4.74 Å². The van der Waals surface area contributed by atoms with Crippen molar-refractivity contribution in [2.24, 2.45) is 0 Å². The zero-order valence-corrected chi connectivity index (χ0v) is 14.8. The Morgan fingerprint density at radius 1 is 1.30 bits per heavy atom. The molecule has 0 aliphatic heterocycles. The molecule has 1 rings (SSSR count). The minimum Gasteiger partial charge on any atom is -0.382 e. The Morgan fingerprint density at radius 2 is 2.05 bits per heavy atom. The van der Waals surface area contributed by atoms with Crippen molar-refractivity contribution in [3.8, 4) is 0 Å². The van der Waals surface area contributed by atoms with Crippen molar-refractivity contribution >= 4 is 15.9 Å². The molecule has 2 nitrogen and oxygen atoms in total. The van der Waals surface area contributed by atoms with Crippen LogP contribution in [0.5, 0.6) is 0 Å². The van der Waals surface area contributed by atoms with Gasteiger partial charge in [0.05, 0.1) is 0 Å². The molecule has 20 heavy (non-hydrogen) atoms. The molecule has 0 radical (unpaired) electrons. The molecule has 0 spiro atoms. The van der Waals surface area contributed by atoms with Gasteiger partial charge < -0.3 is 10.1 Å². The fraction of sp³-hybridized carbons (Fsp3) is 0.647. The number of nitrogens with one attached hydrogen (secondary N) is 1. The van der Waals surface area contributed by atoms with Gasteiger partial charge in [-0.2, -0.15) is 0 Å². The smallest absolute Gasteiger partial charge is 0.0466 e. The third-order valence-electron chi connectivity index (χ3n) is 3.24. The molecule has 0 amide bonds. The van der Waals surface area contributed by atoms with Gasteiger partial charge in [0.25, 0.3) is 0 Å². The van der Waals surface area contributed by atoms with Crippen molar-refractivity contribution in [2.75, 3.05) is 19.8 Å². The van der Waals surface area contributed by atoms with Crippen LogP contribution in [0, 0.1) is 0 Å². The summed E-state index contributed by atoms with van der Waals surface area (Å²) in [6.45, 7) is 11.4. The second-order valence-corrected chi connectivity index (χ2v) is 7.14. The Balaban J connectivity index is 2.63. The van der Waals surface area contributed by atoms with E-state index in [-0.39, 0.29) is 5.54 Å². The highest BCUT2D eigenvalue weighted by molar-refractivity contribution is 9.10. The molecule has 1 atom stereocenters. The molecule has 3 heteroatoms. The molecule has 0 aliphatic carbocycles. The first-order chi connectivity index (χ1) is 9.42. The predicted molar refractivity (Wildman–Crippen MR) is 90.4 cm³/mol. The Hall–Kier alpha value is -0.380. The van der Waals surface area contributed by atoms with Crippen LogP contribution in [0.3, 0.4) is 0 Å². The van der Waals surface area contributed by atoms with Gasteiger partial charge in [0.2, 0.25) is 0 Å². The number of ether oxygens (including phenoxy) is 1. The summed E-state index contributed by atoms with van der Waals surface area (Å²) in [5, 5.41) is 3.62. The predicted octanol–water partition coefficient (Wildman–Crippen LogP) is 4.74. The molecule has 1 aromatic carbocycles. The van der Waals surface area contributed by atoms with E-state index in [9.17, 15) is 0 Å². The van der Waals surface area contributed by atoms with Crippen LogP contribution in [0.25, 0.3) is 0 Å². The second kappa shape index (κ2) is 8.81. The summed E-state index contributed by atoms with van der Waals surface area (Å²) < 4.78 is 6.61. The topological polar surface area (TPSA) is 21.3 Å². The molecule has 1 N–H and O–H groups in total. The summed E-state index contributed by atoms with van der Waals surface area (Å²) in [5.74, 6) is 0.534. The number of halogens is 1.